The molecule has 1 fully saturated rings. The van der Waals surface area contributed by atoms with Gasteiger partial charge in [0.1, 0.15) is 0 Å². The first-order valence-electron chi connectivity index (χ1n) is 6.43. The molecule has 0 bridgehead atoms. The summed E-state index contributed by atoms with van der Waals surface area (Å²) in [7, 11) is 0. The number of hydrogen-bond acceptors (Lipinski definition) is 3. The zero-order chi connectivity index (χ0) is 11.1. The molecular formula is C13H20N2S. The maximum absolute atomic E-state index is 4.81. The quantitative estimate of drug-likeness (QED) is 0.802. The van der Waals surface area contributed by atoms with Gasteiger partial charge < -0.3 is 0 Å². The van der Waals surface area contributed by atoms with E-state index in [-0.39, 0.29) is 0 Å². The van der Waals surface area contributed by atoms with Gasteiger partial charge in [0.2, 0.25) is 0 Å². The Morgan fingerprint density at radius 2 is 2.25 bits per heavy atom. The molecular weight excluding hydrogens is 216 g/mol. The van der Waals surface area contributed by atoms with Crippen molar-refractivity contribution in [3.8, 4) is 0 Å². The molecule has 2 heterocycles. The molecule has 3 rings (SSSR count). The number of aromatic nitrogens is 1. The van der Waals surface area contributed by atoms with Gasteiger partial charge in [-0.1, -0.05) is 13.8 Å². The summed E-state index contributed by atoms with van der Waals surface area (Å²) in [6.07, 6.45) is 4.14. The molecule has 3 heteroatoms. The largest absolute Gasteiger partial charge is 0.297 e. The summed E-state index contributed by atoms with van der Waals surface area (Å²) in [5.74, 6) is 1.59. The molecule has 0 aromatic carbocycles. The van der Waals surface area contributed by atoms with Gasteiger partial charge in [0.05, 0.1) is 10.7 Å². The molecule has 16 heavy (non-hydrogen) atoms. The lowest BCUT2D eigenvalue weighted by Gasteiger charge is -2.25. The number of hydrogen-bond donors (Lipinski definition) is 0. The standard InChI is InChI=1S/C13H20N2S/c1-9(2)13-14-11-8-15(7-10-3-4-10)6-5-12(11)16-13/h9-10H,3-8H2,1-2H3. The molecule has 1 aromatic heterocycles. The van der Waals surface area contributed by atoms with Crippen LogP contribution in [0.4, 0.5) is 0 Å². The third-order valence-electron chi connectivity index (χ3n) is 3.53. The summed E-state index contributed by atoms with van der Waals surface area (Å²) in [5.41, 5.74) is 1.38. The first-order chi connectivity index (χ1) is 7.72. The Morgan fingerprint density at radius 3 is 2.94 bits per heavy atom. The molecule has 1 aromatic rings. The highest BCUT2D eigenvalue weighted by Crippen LogP contribution is 2.33. The van der Waals surface area contributed by atoms with E-state index in [4.69, 9.17) is 4.98 Å². The minimum Gasteiger partial charge on any atom is -0.297 e. The second kappa shape index (κ2) is 4.11. The van der Waals surface area contributed by atoms with Gasteiger partial charge in [0.25, 0.3) is 0 Å². The number of rotatable bonds is 3. The molecule has 1 aliphatic heterocycles. The van der Waals surface area contributed by atoms with Crippen LogP contribution < -0.4 is 0 Å². The molecule has 0 atom stereocenters. The van der Waals surface area contributed by atoms with Crippen LogP contribution in [-0.4, -0.2) is 23.0 Å². The van der Waals surface area contributed by atoms with E-state index in [1.165, 1.54) is 43.1 Å². The van der Waals surface area contributed by atoms with Crippen LogP contribution in [0.25, 0.3) is 0 Å². The summed E-state index contributed by atoms with van der Waals surface area (Å²) >= 11 is 1.94. The SMILES string of the molecule is CC(C)c1nc2c(s1)CCN(CC1CC1)C2. The summed E-state index contributed by atoms with van der Waals surface area (Å²) in [5, 5.41) is 1.33. The number of nitrogens with zero attached hydrogens (tertiary/aromatic N) is 2. The molecule has 88 valence electrons. The Hall–Kier alpha value is -0.410. The van der Waals surface area contributed by atoms with Crippen molar-refractivity contribution in [2.45, 2.75) is 45.6 Å². The van der Waals surface area contributed by atoms with E-state index in [2.05, 4.69) is 18.7 Å². The number of thiazole rings is 1. The Bertz CT molecular complexity index is 379. The first kappa shape index (κ1) is 10.7. The zero-order valence-corrected chi connectivity index (χ0v) is 11.0. The van der Waals surface area contributed by atoms with Gasteiger partial charge in [-0.25, -0.2) is 4.98 Å². The van der Waals surface area contributed by atoms with Crippen molar-refractivity contribution >= 4 is 11.3 Å². The molecule has 0 radical (unpaired) electrons. The molecule has 0 N–H and O–H groups in total. The van der Waals surface area contributed by atoms with Crippen LogP contribution in [-0.2, 0) is 13.0 Å². The van der Waals surface area contributed by atoms with E-state index in [1.54, 1.807) is 4.88 Å². The van der Waals surface area contributed by atoms with Crippen molar-refractivity contribution in [1.29, 1.82) is 0 Å². The molecule has 1 saturated carbocycles. The maximum Gasteiger partial charge on any atom is 0.0957 e. The van der Waals surface area contributed by atoms with Crippen molar-refractivity contribution in [2.75, 3.05) is 13.1 Å². The van der Waals surface area contributed by atoms with Crippen molar-refractivity contribution in [3.63, 3.8) is 0 Å². The van der Waals surface area contributed by atoms with Crippen LogP contribution in [0.15, 0.2) is 0 Å². The fourth-order valence-electron chi connectivity index (χ4n) is 2.34. The molecule has 1 aliphatic carbocycles. The van der Waals surface area contributed by atoms with Gasteiger partial charge in [-0.05, 0) is 25.2 Å². The summed E-state index contributed by atoms with van der Waals surface area (Å²) < 4.78 is 0. The smallest absolute Gasteiger partial charge is 0.0957 e. The third-order valence-corrected chi connectivity index (χ3v) is 4.99. The van der Waals surface area contributed by atoms with E-state index in [1.807, 2.05) is 11.3 Å². The number of fused-ring (bicyclic) bond motifs is 1. The summed E-state index contributed by atoms with van der Waals surface area (Å²) in [6, 6.07) is 0. The third kappa shape index (κ3) is 2.16. The van der Waals surface area contributed by atoms with Gasteiger partial charge in [-0.2, -0.15) is 0 Å². The van der Waals surface area contributed by atoms with Gasteiger partial charge in [-0.15, -0.1) is 11.3 Å². The van der Waals surface area contributed by atoms with Crippen LogP contribution in [0.5, 0.6) is 0 Å². The fourth-order valence-corrected chi connectivity index (χ4v) is 3.41. The molecule has 0 spiro atoms. The van der Waals surface area contributed by atoms with Crippen LogP contribution in [0.2, 0.25) is 0 Å². The van der Waals surface area contributed by atoms with Crippen molar-refractivity contribution < 1.29 is 0 Å². The Labute approximate surface area is 102 Å². The Kier molecular flexibility index (Phi) is 2.76. The van der Waals surface area contributed by atoms with Crippen LogP contribution in [0.3, 0.4) is 0 Å². The monoisotopic (exact) mass is 236 g/mol. The minimum atomic E-state index is 0.590. The van der Waals surface area contributed by atoms with Crippen molar-refractivity contribution in [3.05, 3.63) is 15.6 Å². The second-order valence-corrected chi connectivity index (χ2v) is 6.62. The van der Waals surface area contributed by atoms with Gasteiger partial charge >= 0.3 is 0 Å². The minimum absolute atomic E-state index is 0.590. The summed E-state index contributed by atoms with van der Waals surface area (Å²) in [4.78, 5) is 8.96. The van der Waals surface area contributed by atoms with E-state index in [0.29, 0.717) is 5.92 Å². The predicted octanol–water partition coefficient (Wildman–Crippen LogP) is 3.03. The Balaban J connectivity index is 1.72. The fraction of sp³-hybridized carbons (Fsp3) is 0.769. The van der Waals surface area contributed by atoms with E-state index in [0.717, 1.165) is 12.5 Å². The first-order valence-corrected chi connectivity index (χ1v) is 7.25. The van der Waals surface area contributed by atoms with Crippen molar-refractivity contribution in [1.82, 2.24) is 9.88 Å². The van der Waals surface area contributed by atoms with Gasteiger partial charge in [0, 0.05) is 30.4 Å². The van der Waals surface area contributed by atoms with Gasteiger partial charge in [0.15, 0.2) is 0 Å². The lowest BCUT2D eigenvalue weighted by Crippen LogP contribution is -2.31. The highest BCUT2D eigenvalue weighted by atomic mass is 32.1. The maximum atomic E-state index is 4.81. The Morgan fingerprint density at radius 1 is 1.44 bits per heavy atom. The van der Waals surface area contributed by atoms with Crippen molar-refractivity contribution in [2.24, 2.45) is 5.92 Å². The topological polar surface area (TPSA) is 16.1 Å². The molecule has 0 amide bonds. The predicted molar refractivity (Wildman–Crippen MR) is 67.9 cm³/mol. The normalized spacial score (nSPS) is 21.4. The van der Waals surface area contributed by atoms with E-state index >= 15 is 0 Å². The molecule has 0 unspecified atom stereocenters. The average Bonchev–Trinajstić information content (AvgIpc) is 2.95. The van der Waals surface area contributed by atoms with E-state index < -0.39 is 0 Å². The second-order valence-electron chi connectivity index (χ2n) is 5.51. The highest BCUT2D eigenvalue weighted by molar-refractivity contribution is 7.11. The van der Waals surface area contributed by atoms with E-state index in [9.17, 15) is 0 Å². The average molecular weight is 236 g/mol. The lowest BCUT2D eigenvalue weighted by atomic mass is 10.1. The molecule has 2 aliphatic rings. The van der Waals surface area contributed by atoms with Crippen LogP contribution in [0, 0.1) is 5.92 Å². The lowest BCUT2D eigenvalue weighted by molar-refractivity contribution is 0.242. The summed E-state index contributed by atoms with van der Waals surface area (Å²) in [6.45, 7) is 8.16. The molecule has 2 nitrogen and oxygen atoms in total. The highest BCUT2D eigenvalue weighted by Gasteiger charge is 2.27. The molecule has 0 saturated heterocycles. The van der Waals surface area contributed by atoms with Crippen LogP contribution >= 0.6 is 11.3 Å². The zero-order valence-electron chi connectivity index (χ0n) is 10.2. The van der Waals surface area contributed by atoms with Crippen LogP contribution in [0.1, 0.15) is 48.2 Å². The van der Waals surface area contributed by atoms with Gasteiger partial charge in [-0.3, -0.25) is 4.90 Å².